The molecule has 1 aromatic carbocycles. The molecule has 0 spiro atoms. The molecule has 1 aliphatic carbocycles. The molecule has 156 valence electrons. The molecule has 2 amide bonds. The van der Waals surface area contributed by atoms with Gasteiger partial charge in [0.25, 0.3) is 5.91 Å². The standard InChI is InChI=1S/C19H26N6O4/c1-3-29-9-8-20-18(27)14-10-15(16(26)11-14)21-19(28)13-6-4-12(5-7-13)17-22-24-25(2)23-17/h4-7,14-16,26H,3,8-11H2,1-2H3,(H,20,27)(H,21,28)/t14-,15+,16+/m0/s1. The van der Waals surface area contributed by atoms with Crippen LogP contribution in [0.1, 0.15) is 30.1 Å². The van der Waals surface area contributed by atoms with Gasteiger partial charge in [-0.25, -0.2) is 0 Å². The van der Waals surface area contributed by atoms with Gasteiger partial charge < -0.3 is 20.5 Å². The number of aliphatic hydroxyl groups is 1. The van der Waals surface area contributed by atoms with Gasteiger partial charge in [0.1, 0.15) is 0 Å². The van der Waals surface area contributed by atoms with Gasteiger partial charge in [-0.2, -0.15) is 4.80 Å². The number of carbonyl (C=O) groups excluding carboxylic acids is 2. The van der Waals surface area contributed by atoms with Gasteiger partial charge in [0.15, 0.2) is 0 Å². The third kappa shape index (κ3) is 5.36. The average molecular weight is 402 g/mol. The smallest absolute Gasteiger partial charge is 0.251 e. The quantitative estimate of drug-likeness (QED) is 0.525. The van der Waals surface area contributed by atoms with Gasteiger partial charge in [-0.1, -0.05) is 12.1 Å². The summed E-state index contributed by atoms with van der Waals surface area (Å²) in [4.78, 5) is 26.1. The van der Waals surface area contributed by atoms with Crippen LogP contribution in [0.25, 0.3) is 11.4 Å². The molecule has 0 bridgehead atoms. The molecule has 3 N–H and O–H groups in total. The molecular formula is C19H26N6O4. The topological polar surface area (TPSA) is 131 Å². The van der Waals surface area contributed by atoms with Crippen LogP contribution in [-0.2, 0) is 16.6 Å². The first-order chi connectivity index (χ1) is 14.0. The van der Waals surface area contributed by atoms with E-state index in [4.69, 9.17) is 4.74 Å². The minimum atomic E-state index is -0.760. The number of carbonyl (C=O) groups is 2. The lowest BCUT2D eigenvalue weighted by atomic mass is 10.1. The van der Waals surface area contributed by atoms with Crippen LogP contribution in [0.5, 0.6) is 0 Å². The van der Waals surface area contributed by atoms with Crippen LogP contribution < -0.4 is 10.6 Å². The molecule has 0 radical (unpaired) electrons. The normalized spacial score (nSPS) is 21.1. The Morgan fingerprint density at radius 1 is 1.28 bits per heavy atom. The van der Waals surface area contributed by atoms with Gasteiger partial charge in [0.05, 0.1) is 25.8 Å². The highest BCUT2D eigenvalue weighted by Gasteiger charge is 2.37. The molecule has 0 saturated heterocycles. The van der Waals surface area contributed by atoms with Crippen molar-refractivity contribution >= 4 is 11.8 Å². The number of aryl methyl sites for hydroxylation is 1. The number of rotatable bonds is 8. The number of ether oxygens (including phenoxy) is 1. The first-order valence-corrected chi connectivity index (χ1v) is 9.66. The number of tetrazole rings is 1. The number of hydrogen-bond donors (Lipinski definition) is 3. The Labute approximate surface area is 168 Å². The van der Waals surface area contributed by atoms with E-state index >= 15 is 0 Å². The summed E-state index contributed by atoms with van der Waals surface area (Å²) < 4.78 is 5.19. The molecule has 3 rings (SSSR count). The van der Waals surface area contributed by atoms with E-state index in [-0.39, 0.29) is 17.7 Å². The number of nitrogens with zero attached hydrogens (tertiary/aromatic N) is 4. The van der Waals surface area contributed by atoms with Crippen LogP contribution in [-0.4, -0.2) is 69.0 Å². The zero-order valence-electron chi connectivity index (χ0n) is 16.5. The van der Waals surface area contributed by atoms with Crippen LogP contribution >= 0.6 is 0 Å². The van der Waals surface area contributed by atoms with Gasteiger partial charge in [-0.15, -0.1) is 10.2 Å². The molecule has 2 aromatic rings. The van der Waals surface area contributed by atoms with Crippen molar-refractivity contribution in [1.82, 2.24) is 30.8 Å². The highest BCUT2D eigenvalue weighted by molar-refractivity contribution is 5.95. The van der Waals surface area contributed by atoms with Crippen LogP contribution in [0.2, 0.25) is 0 Å². The summed E-state index contributed by atoms with van der Waals surface area (Å²) in [7, 11) is 1.68. The van der Waals surface area contributed by atoms with E-state index < -0.39 is 12.1 Å². The maximum absolute atomic E-state index is 12.5. The molecule has 29 heavy (non-hydrogen) atoms. The summed E-state index contributed by atoms with van der Waals surface area (Å²) >= 11 is 0. The highest BCUT2D eigenvalue weighted by Crippen LogP contribution is 2.26. The summed E-state index contributed by atoms with van der Waals surface area (Å²) in [6.45, 7) is 3.38. The molecule has 1 aromatic heterocycles. The zero-order valence-corrected chi connectivity index (χ0v) is 16.5. The third-order valence-corrected chi connectivity index (χ3v) is 4.88. The van der Waals surface area contributed by atoms with Gasteiger partial charge in [-0.3, -0.25) is 9.59 Å². The predicted octanol–water partition coefficient (Wildman–Crippen LogP) is -0.101. The molecule has 10 heteroatoms. The molecule has 1 saturated carbocycles. The Morgan fingerprint density at radius 2 is 2.03 bits per heavy atom. The Balaban J connectivity index is 1.53. The lowest BCUT2D eigenvalue weighted by molar-refractivity contribution is -0.125. The van der Waals surface area contributed by atoms with Crippen molar-refractivity contribution in [3.05, 3.63) is 29.8 Å². The summed E-state index contributed by atoms with van der Waals surface area (Å²) in [5.74, 6) is -0.280. The molecule has 10 nitrogen and oxygen atoms in total. The van der Waals surface area contributed by atoms with E-state index in [0.717, 1.165) is 5.56 Å². The average Bonchev–Trinajstić information content (AvgIpc) is 3.31. The van der Waals surface area contributed by atoms with Crippen molar-refractivity contribution in [2.75, 3.05) is 19.8 Å². The Bertz CT molecular complexity index is 837. The maximum atomic E-state index is 12.5. The Kier molecular flexibility index (Phi) is 6.89. The lowest BCUT2D eigenvalue weighted by Crippen LogP contribution is -2.40. The van der Waals surface area contributed by atoms with Crippen molar-refractivity contribution in [2.24, 2.45) is 13.0 Å². The van der Waals surface area contributed by atoms with E-state index in [1.54, 1.807) is 31.3 Å². The minimum absolute atomic E-state index is 0.124. The molecule has 1 heterocycles. The van der Waals surface area contributed by atoms with Gasteiger partial charge >= 0.3 is 0 Å². The van der Waals surface area contributed by atoms with Crippen molar-refractivity contribution in [1.29, 1.82) is 0 Å². The van der Waals surface area contributed by atoms with Crippen molar-refractivity contribution in [2.45, 2.75) is 31.9 Å². The van der Waals surface area contributed by atoms with Crippen LogP contribution in [0.15, 0.2) is 24.3 Å². The van der Waals surface area contributed by atoms with Gasteiger partial charge in [0.2, 0.25) is 11.7 Å². The number of aliphatic hydroxyl groups excluding tert-OH is 1. The zero-order chi connectivity index (χ0) is 20.8. The number of hydrogen-bond acceptors (Lipinski definition) is 7. The number of aromatic nitrogens is 4. The first-order valence-electron chi connectivity index (χ1n) is 9.66. The molecule has 3 atom stereocenters. The molecular weight excluding hydrogens is 376 g/mol. The largest absolute Gasteiger partial charge is 0.391 e. The summed E-state index contributed by atoms with van der Waals surface area (Å²) in [6.07, 6.45) is -0.0397. The fourth-order valence-corrected chi connectivity index (χ4v) is 3.34. The minimum Gasteiger partial charge on any atom is -0.391 e. The lowest BCUT2D eigenvalue weighted by Gasteiger charge is -2.16. The predicted molar refractivity (Wildman–Crippen MR) is 104 cm³/mol. The van der Waals surface area contributed by atoms with Crippen molar-refractivity contribution in [3.8, 4) is 11.4 Å². The highest BCUT2D eigenvalue weighted by atomic mass is 16.5. The van der Waals surface area contributed by atoms with E-state index in [9.17, 15) is 14.7 Å². The SMILES string of the molecule is CCOCCNC(=O)[C@@H]1C[C@@H](O)[C@H](NC(=O)c2ccc(-c3nnn(C)n3)cc2)C1. The van der Waals surface area contributed by atoms with Crippen LogP contribution in [0.3, 0.4) is 0 Å². The molecule has 1 aliphatic rings. The van der Waals surface area contributed by atoms with Crippen molar-refractivity contribution in [3.63, 3.8) is 0 Å². The fraction of sp³-hybridized carbons (Fsp3) is 0.526. The van der Waals surface area contributed by atoms with Gasteiger partial charge in [0, 0.05) is 30.2 Å². The number of nitrogens with one attached hydrogen (secondary N) is 2. The van der Waals surface area contributed by atoms with Crippen LogP contribution in [0, 0.1) is 5.92 Å². The van der Waals surface area contributed by atoms with Crippen LogP contribution in [0.4, 0.5) is 0 Å². The monoisotopic (exact) mass is 402 g/mol. The summed E-state index contributed by atoms with van der Waals surface area (Å²) in [5.41, 5.74) is 1.20. The number of amides is 2. The second kappa shape index (κ2) is 9.57. The van der Waals surface area contributed by atoms with E-state index in [1.807, 2.05) is 6.92 Å². The molecule has 1 fully saturated rings. The van der Waals surface area contributed by atoms with E-state index in [1.165, 1.54) is 4.80 Å². The van der Waals surface area contributed by atoms with Crippen molar-refractivity contribution < 1.29 is 19.4 Å². The Hall–Kier alpha value is -2.85. The molecule has 0 aliphatic heterocycles. The first kappa shape index (κ1) is 20.9. The number of benzene rings is 1. The van der Waals surface area contributed by atoms with E-state index in [0.29, 0.717) is 44.0 Å². The van der Waals surface area contributed by atoms with Gasteiger partial charge in [-0.05, 0) is 37.1 Å². The van der Waals surface area contributed by atoms with E-state index in [2.05, 4.69) is 26.0 Å². The fourth-order valence-electron chi connectivity index (χ4n) is 3.34. The second-order valence-corrected chi connectivity index (χ2v) is 6.98. The third-order valence-electron chi connectivity index (χ3n) is 4.88. The maximum Gasteiger partial charge on any atom is 0.251 e. The Morgan fingerprint density at radius 3 is 2.69 bits per heavy atom. The summed E-state index contributed by atoms with van der Waals surface area (Å²) in [6, 6.07) is 6.35. The second-order valence-electron chi connectivity index (χ2n) is 6.98. The summed E-state index contributed by atoms with van der Waals surface area (Å²) in [5, 5.41) is 27.7. The molecule has 0 unspecified atom stereocenters.